The van der Waals surface area contributed by atoms with Gasteiger partial charge in [-0.05, 0) is 37.7 Å². The van der Waals surface area contributed by atoms with Crippen LogP contribution in [-0.4, -0.2) is 29.1 Å². The molecule has 0 spiro atoms. The van der Waals surface area contributed by atoms with Gasteiger partial charge in [0, 0.05) is 6.04 Å². The van der Waals surface area contributed by atoms with Crippen LogP contribution >= 0.6 is 0 Å². The fraction of sp³-hybridized carbons (Fsp3) is 0.500. The molecule has 3 atom stereocenters. The molecule has 1 unspecified atom stereocenters. The lowest BCUT2D eigenvalue weighted by Crippen LogP contribution is -2.44. The molecule has 1 fully saturated rings. The van der Waals surface area contributed by atoms with Gasteiger partial charge in [-0.1, -0.05) is 30.3 Å². The predicted octanol–water partition coefficient (Wildman–Crippen LogP) is 1.32. The molecule has 5 nitrogen and oxygen atoms in total. The first-order chi connectivity index (χ1) is 10.1. The number of aryl methyl sites for hydroxylation is 1. The zero-order chi connectivity index (χ0) is 15.2. The van der Waals surface area contributed by atoms with Crippen molar-refractivity contribution in [3.8, 4) is 0 Å². The first kappa shape index (κ1) is 15.5. The minimum absolute atomic E-state index is 0.0543. The van der Waals surface area contributed by atoms with Crippen molar-refractivity contribution in [1.82, 2.24) is 5.32 Å². The summed E-state index contributed by atoms with van der Waals surface area (Å²) >= 11 is 0. The van der Waals surface area contributed by atoms with Crippen LogP contribution in [0.2, 0.25) is 0 Å². The summed E-state index contributed by atoms with van der Waals surface area (Å²) in [6.45, 7) is 0. The molecule has 0 aliphatic heterocycles. The first-order valence-corrected chi connectivity index (χ1v) is 7.39. The van der Waals surface area contributed by atoms with E-state index in [9.17, 15) is 9.59 Å². The second-order valence-electron chi connectivity index (χ2n) is 5.68. The summed E-state index contributed by atoms with van der Waals surface area (Å²) in [6.07, 6.45) is 3.20. The standard InChI is InChI=1S/C16H22N2O3/c17-14(9-6-11-4-2-1-3-5-11)15(19)18-13-8-7-12(10-13)16(20)21/h1-5,12-14H,6-10,17H2,(H,18,19)(H,20,21)/t12-,13+,14?/m1/s1. The third-order valence-electron chi connectivity index (χ3n) is 4.05. The predicted molar refractivity (Wildman–Crippen MR) is 79.6 cm³/mol. The number of hydrogen-bond donors (Lipinski definition) is 3. The first-order valence-electron chi connectivity index (χ1n) is 7.39. The fourth-order valence-electron chi connectivity index (χ4n) is 2.74. The van der Waals surface area contributed by atoms with Crippen molar-refractivity contribution in [3.63, 3.8) is 0 Å². The minimum Gasteiger partial charge on any atom is -0.481 e. The van der Waals surface area contributed by atoms with Crippen LogP contribution in [0.15, 0.2) is 30.3 Å². The summed E-state index contributed by atoms with van der Waals surface area (Å²) < 4.78 is 0. The average Bonchev–Trinajstić information content (AvgIpc) is 2.94. The Morgan fingerprint density at radius 2 is 2.00 bits per heavy atom. The Labute approximate surface area is 124 Å². The van der Waals surface area contributed by atoms with Crippen molar-refractivity contribution < 1.29 is 14.7 Å². The number of hydrogen-bond acceptors (Lipinski definition) is 3. The maximum Gasteiger partial charge on any atom is 0.306 e. The maximum absolute atomic E-state index is 12.0. The van der Waals surface area contributed by atoms with E-state index in [1.807, 2.05) is 30.3 Å². The summed E-state index contributed by atoms with van der Waals surface area (Å²) in [5.41, 5.74) is 7.07. The molecule has 0 saturated heterocycles. The highest BCUT2D eigenvalue weighted by Crippen LogP contribution is 2.25. The zero-order valence-corrected chi connectivity index (χ0v) is 12.0. The highest BCUT2D eigenvalue weighted by Gasteiger charge is 2.31. The number of amides is 1. The van der Waals surface area contributed by atoms with E-state index >= 15 is 0 Å². The van der Waals surface area contributed by atoms with Gasteiger partial charge in [0.2, 0.25) is 5.91 Å². The van der Waals surface area contributed by atoms with E-state index in [2.05, 4.69) is 5.32 Å². The van der Waals surface area contributed by atoms with E-state index < -0.39 is 12.0 Å². The lowest BCUT2D eigenvalue weighted by Gasteiger charge is -2.16. The second kappa shape index (κ2) is 7.22. The van der Waals surface area contributed by atoms with E-state index in [4.69, 9.17) is 10.8 Å². The third-order valence-corrected chi connectivity index (χ3v) is 4.05. The lowest BCUT2D eigenvalue weighted by molar-refractivity contribution is -0.141. The molecule has 5 heteroatoms. The Morgan fingerprint density at radius 3 is 2.62 bits per heavy atom. The third kappa shape index (κ3) is 4.56. The molecule has 0 aromatic heterocycles. The van der Waals surface area contributed by atoms with Crippen molar-refractivity contribution in [2.24, 2.45) is 11.7 Å². The Balaban J connectivity index is 1.74. The Morgan fingerprint density at radius 1 is 1.29 bits per heavy atom. The Kier molecular flexibility index (Phi) is 5.33. The fourth-order valence-corrected chi connectivity index (χ4v) is 2.74. The topological polar surface area (TPSA) is 92.4 Å². The van der Waals surface area contributed by atoms with Crippen LogP contribution in [0.5, 0.6) is 0 Å². The van der Waals surface area contributed by atoms with Crippen LogP contribution in [0.1, 0.15) is 31.2 Å². The molecule has 114 valence electrons. The number of aliphatic carboxylic acids is 1. The van der Waals surface area contributed by atoms with Crippen LogP contribution in [-0.2, 0) is 16.0 Å². The van der Waals surface area contributed by atoms with Gasteiger partial charge < -0.3 is 16.2 Å². The van der Waals surface area contributed by atoms with E-state index in [0.717, 1.165) is 12.0 Å². The zero-order valence-electron chi connectivity index (χ0n) is 12.0. The van der Waals surface area contributed by atoms with Crippen LogP contribution in [0.4, 0.5) is 0 Å². The van der Waals surface area contributed by atoms with Gasteiger partial charge in [0.15, 0.2) is 0 Å². The van der Waals surface area contributed by atoms with Crippen molar-refractivity contribution in [1.29, 1.82) is 0 Å². The van der Waals surface area contributed by atoms with E-state index in [1.165, 1.54) is 0 Å². The lowest BCUT2D eigenvalue weighted by atomic mass is 10.0. The molecule has 4 N–H and O–H groups in total. The molecule has 1 aromatic rings. The largest absolute Gasteiger partial charge is 0.481 e. The van der Waals surface area contributed by atoms with Gasteiger partial charge in [-0.15, -0.1) is 0 Å². The summed E-state index contributed by atoms with van der Waals surface area (Å²) in [5, 5.41) is 11.8. The van der Waals surface area contributed by atoms with Crippen LogP contribution in [0.25, 0.3) is 0 Å². The van der Waals surface area contributed by atoms with Crippen molar-refractivity contribution in [2.75, 3.05) is 0 Å². The molecule has 1 saturated carbocycles. The van der Waals surface area contributed by atoms with Gasteiger partial charge in [-0.2, -0.15) is 0 Å². The summed E-state index contributed by atoms with van der Waals surface area (Å²) in [4.78, 5) is 22.9. The van der Waals surface area contributed by atoms with Gasteiger partial charge >= 0.3 is 5.97 Å². The van der Waals surface area contributed by atoms with Gasteiger partial charge in [-0.25, -0.2) is 0 Å². The van der Waals surface area contributed by atoms with Gasteiger partial charge in [0.1, 0.15) is 0 Å². The molecule has 0 bridgehead atoms. The van der Waals surface area contributed by atoms with Gasteiger partial charge in [0.05, 0.1) is 12.0 Å². The second-order valence-corrected chi connectivity index (χ2v) is 5.68. The summed E-state index contributed by atoms with van der Waals surface area (Å²) in [5.74, 6) is -1.29. The number of nitrogens with two attached hydrogens (primary N) is 1. The molecule has 1 aliphatic carbocycles. The van der Waals surface area contributed by atoms with Crippen molar-refractivity contribution in [2.45, 2.75) is 44.2 Å². The number of nitrogens with one attached hydrogen (secondary N) is 1. The molecular formula is C16H22N2O3. The monoisotopic (exact) mass is 290 g/mol. The smallest absolute Gasteiger partial charge is 0.306 e. The van der Waals surface area contributed by atoms with Crippen molar-refractivity contribution >= 4 is 11.9 Å². The van der Waals surface area contributed by atoms with Crippen LogP contribution in [0, 0.1) is 5.92 Å². The maximum atomic E-state index is 12.0. The highest BCUT2D eigenvalue weighted by atomic mass is 16.4. The average molecular weight is 290 g/mol. The molecule has 0 radical (unpaired) electrons. The normalized spacial score (nSPS) is 22.7. The number of benzene rings is 1. The number of carboxylic acid groups (broad SMARTS) is 1. The molecule has 1 amide bonds. The molecule has 2 rings (SSSR count). The van der Waals surface area contributed by atoms with E-state index in [0.29, 0.717) is 25.7 Å². The highest BCUT2D eigenvalue weighted by molar-refractivity contribution is 5.82. The Bertz CT molecular complexity index is 490. The van der Waals surface area contributed by atoms with Gasteiger partial charge in [0.25, 0.3) is 0 Å². The van der Waals surface area contributed by atoms with E-state index in [1.54, 1.807) is 0 Å². The summed E-state index contributed by atoms with van der Waals surface area (Å²) in [7, 11) is 0. The molecule has 21 heavy (non-hydrogen) atoms. The van der Waals surface area contributed by atoms with Gasteiger partial charge in [-0.3, -0.25) is 9.59 Å². The SMILES string of the molecule is NC(CCc1ccccc1)C(=O)N[C@H]1CC[C@@H](C(=O)O)C1. The molecule has 1 aromatic carbocycles. The minimum atomic E-state index is -0.778. The number of rotatable bonds is 6. The molecular weight excluding hydrogens is 268 g/mol. The molecule has 0 heterocycles. The van der Waals surface area contributed by atoms with Crippen LogP contribution < -0.4 is 11.1 Å². The number of carboxylic acids is 1. The summed E-state index contributed by atoms with van der Waals surface area (Å²) in [6, 6.07) is 9.31. The molecule has 1 aliphatic rings. The quantitative estimate of drug-likeness (QED) is 0.736. The van der Waals surface area contributed by atoms with Crippen LogP contribution in [0.3, 0.4) is 0 Å². The number of carbonyl (C=O) groups excluding carboxylic acids is 1. The number of carbonyl (C=O) groups is 2. The van der Waals surface area contributed by atoms with Crippen molar-refractivity contribution in [3.05, 3.63) is 35.9 Å². The Hall–Kier alpha value is -1.88. The van der Waals surface area contributed by atoms with E-state index in [-0.39, 0.29) is 17.9 Å².